The highest BCUT2D eigenvalue weighted by atomic mass is 16.4. The Morgan fingerprint density at radius 2 is 2.00 bits per heavy atom. The minimum atomic E-state index is -0.696. The fourth-order valence-electron chi connectivity index (χ4n) is 2.75. The first-order chi connectivity index (χ1) is 8.05. The van der Waals surface area contributed by atoms with Crippen LogP contribution in [0.25, 0.3) is 0 Å². The molecule has 1 saturated carbocycles. The molecule has 1 N–H and O–H groups in total. The van der Waals surface area contributed by atoms with Crippen molar-refractivity contribution < 1.29 is 9.90 Å². The molecule has 17 heavy (non-hydrogen) atoms. The zero-order valence-corrected chi connectivity index (χ0v) is 10.4. The largest absolute Gasteiger partial charge is 0.481 e. The Hall–Kier alpha value is -1.51. The maximum Gasteiger partial charge on any atom is 0.304 e. The SMILES string of the molecule is CN(C)c1ccccc1C1(CC(=O)O)CCC1. The molecule has 0 spiro atoms. The quantitative estimate of drug-likeness (QED) is 0.869. The predicted octanol–water partition coefficient (Wildman–Crippen LogP) is 2.65. The van der Waals surface area contributed by atoms with Gasteiger partial charge in [-0.25, -0.2) is 0 Å². The van der Waals surface area contributed by atoms with E-state index in [0.717, 1.165) is 24.9 Å². The van der Waals surface area contributed by atoms with Gasteiger partial charge in [0.25, 0.3) is 0 Å². The molecule has 0 unspecified atom stereocenters. The lowest BCUT2D eigenvalue weighted by atomic mass is 9.62. The maximum atomic E-state index is 11.0. The molecule has 0 atom stereocenters. The monoisotopic (exact) mass is 233 g/mol. The van der Waals surface area contributed by atoms with Crippen molar-refractivity contribution in [2.45, 2.75) is 31.1 Å². The number of benzene rings is 1. The molecule has 0 bridgehead atoms. The summed E-state index contributed by atoms with van der Waals surface area (Å²) in [5, 5.41) is 9.09. The topological polar surface area (TPSA) is 40.5 Å². The second kappa shape index (κ2) is 4.40. The molecule has 0 radical (unpaired) electrons. The average Bonchev–Trinajstić information content (AvgIpc) is 2.23. The van der Waals surface area contributed by atoms with Crippen LogP contribution in [0, 0.1) is 0 Å². The molecule has 0 aliphatic heterocycles. The number of hydrogen-bond acceptors (Lipinski definition) is 2. The smallest absolute Gasteiger partial charge is 0.304 e. The maximum absolute atomic E-state index is 11.0. The summed E-state index contributed by atoms with van der Waals surface area (Å²) in [7, 11) is 4.01. The van der Waals surface area contributed by atoms with Gasteiger partial charge in [0, 0.05) is 25.2 Å². The van der Waals surface area contributed by atoms with Crippen LogP contribution in [0.2, 0.25) is 0 Å². The Morgan fingerprint density at radius 3 is 2.47 bits per heavy atom. The summed E-state index contributed by atoms with van der Waals surface area (Å²) in [6.45, 7) is 0. The van der Waals surface area contributed by atoms with E-state index in [9.17, 15) is 4.79 Å². The zero-order chi connectivity index (χ0) is 12.5. The van der Waals surface area contributed by atoms with Crippen molar-refractivity contribution >= 4 is 11.7 Å². The molecule has 3 heteroatoms. The molecule has 1 aromatic carbocycles. The highest BCUT2D eigenvalue weighted by Crippen LogP contribution is 2.49. The first-order valence-electron chi connectivity index (χ1n) is 6.04. The van der Waals surface area contributed by atoms with Crippen molar-refractivity contribution in [2.75, 3.05) is 19.0 Å². The first kappa shape index (κ1) is 12.0. The second-order valence-electron chi connectivity index (χ2n) is 5.12. The van der Waals surface area contributed by atoms with Gasteiger partial charge in [0.05, 0.1) is 6.42 Å². The first-order valence-corrected chi connectivity index (χ1v) is 6.04. The Balaban J connectivity index is 2.40. The Labute approximate surface area is 102 Å². The summed E-state index contributed by atoms with van der Waals surface area (Å²) in [6.07, 6.45) is 3.36. The molecule has 1 aliphatic rings. The van der Waals surface area contributed by atoms with Gasteiger partial charge in [-0.15, -0.1) is 0 Å². The molecule has 92 valence electrons. The fourth-order valence-corrected chi connectivity index (χ4v) is 2.75. The van der Waals surface area contributed by atoms with Crippen molar-refractivity contribution in [1.29, 1.82) is 0 Å². The second-order valence-corrected chi connectivity index (χ2v) is 5.12. The number of anilines is 1. The summed E-state index contributed by atoms with van der Waals surface area (Å²) in [5.41, 5.74) is 2.21. The van der Waals surface area contributed by atoms with Crippen LogP contribution in [-0.2, 0) is 10.2 Å². The number of nitrogens with zero attached hydrogens (tertiary/aromatic N) is 1. The van der Waals surface area contributed by atoms with E-state index in [4.69, 9.17) is 5.11 Å². The van der Waals surface area contributed by atoms with E-state index in [-0.39, 0.29) is 11.8 Å². The Kier molecular flexibility index (Phi) is 3.09. The lowest BCUT2D eigenvalue weighted by molar-refractivity contribution is -0.139. The third kappa shape index (κ3) is 2.14. The highest BCUT2D eigenvalue weighted by Gasteiger charge is 2.42. The van der Waals surface area contributed by atoms with Gasteiger partial charge in [-0.2, -0.15) is 0 Å². The standard InChI is InChI=1S/C14H19NO2/c1-15(2)12-7-4-3-6-11(12)14(8-5-9-14)10-13(16)17/h3-4,6-7H,5,8-10H2,1-2H3,(H,16,17). The molecule has 0 heterocycles. The minimum Gasteiger partial charge on any atom is -0.481 e. The van der Waals surface area contributed by atoms with Crippen LogP contribution >= 0.6 is 0 Å². The van der Waals surface area contributed by atoms with E-state index in [1.165, 1.54) is 5.56 Å². The average molecular weight is 233 g/mol. The van der Waals surface area contributed by atoms with Gasteiger partial charge in [0.2, 0.25) is 0 Å². The number of carboxylic acid groups (broad SMARTS) is 1. The van der Waals surface area contributed by atoms with Crippen LogP contribution in [-0.4, -0.2) is 25.2 Å². The molecule has 0 aromatic heterocycles. The van der Waals surface area contributed by atoms with Crippen molar-refractivity contribution in [3.63, 3.8) is 0 Å². The zero-order valence-electron chi connectivity index (χ0n) is 10.4. The lowest BCUT2D eigenvalue weighted by Gasteiger charge is -2.43. The van der Waals surface area contributed by atoms with Gasteiger partial charge in [-0.05, 0) is 24.5 Å². The minimum absolute atomic E-state index is 0.132. The number of hydrogen-bond donors (Lipinski definition) is 1. The summed E-state index contributed by atoms with van der Waals surface area (Å²) in [6, 6.07) is 8.16. The van der Waals surface area contributed by atoms with Gasteiger partial charge in [-0.3, -0.25) is 4.79 Å². The van der Waals surface area contributed by atoms with E-state index in [2.05, 4.69) is 17.0 Å². The van der Waals surface area contributed by atoms with Gasteiger partial charge < -0.3 is 10.0 Å². The van der Waals surface area contributed by atoms with Crippen molar-refractivity contribution in [2.24, 2.45) is 0 Å². The lowest BCUT2D eigenvalue weighted by Crippen LogP contribution is -2.37. The van der Waals surface area contributed by atoms with Gasteiger partial charge in [0.1, 0.15) is 0 Å². The molecule has 0 saturated heterocycles. The molecule has 3 nitrogen and oxygen atoms in total. The molecule has 1 fully saturated rings. The Bertz CT molecular complexity index is 422. The van der Waals surface area contributed by atoms with Crippen LogP contribution in [0.5, 0.6) is 0 Å². The van der Waals surface area contributed by atoms with Crippen molar-refractivity contribution in [3.05, 3.63) is 29.8 Å². The number of rotatable bonds is 4. The predicted molar refractivity (Wildman–Crippen MR) is 68.6 cm³/mol. The molecule has 1 aliphatic carbocycles. The summed E-state index contributed by atoms with van der Waals surface area (Å²) in [4.78, 5) is 13.1. The van der Waals surface area contributed by atoms with Gasteiger partial charge in [-0.1, -0.05) is 24.6 Å². The van der Waals surface area contributed by atoms with Crippen LogP contribution in [0.15, 0.2) is 24.3 Å². The Morgan fingerprint density at radius 1 is 1.35 bits per heavy atom. The molecule has 2 rings (SSSR count). The van der Waals surface area contributed by atoms with E-state index in [1.807, 2.05) is 26.2 Å². The van der Waals surface area contributed by atoms with E-state index in [1.54, 1.807) is 0 Å². The van der Waals surface area contributed by atoms with Gasteiger partial charge >= 0.3 is 5.97 Å². The summed E-state index contributed by atoms with van der Waals surface area (Å²) < 4.78 is 0. The third-order valence-corrected chi connectivity index (χ3v) is 3.76. The summed E-state index contributed by atoms with van der Waals surface area (Å²) in [5.74, 6) is -0.696. The highest BCUT2D eigenvalue weighted by molar-refractivity contribution is 5.71. The van der Waals surface area contributed by atoms with Crippen LogP contribution in [0.3, 0.4) is 0 Å². The van der Waals surface area contributed by atoms with Crippen molar-refractivity contribution in [3.8, 4) is 0 Å². The van der Waals surface area contributed by atoms with Crippen molar-refractivity contribution in [1.82, 2.24) is 0 Å². The normalized spacial score (nSPS) is 17.3. The van der Waals surface area contributed by atoms with Crippen LogP contribution in [0.1, 0.15) is 31.2 Å². The van der Waals surface area contributed by atoms with E-state index >= 15 is 0 Å². The van der Waals surface area contributed by atoms with Gasteiger partial charge in [0.15, 0.2) is 0 Å². The van der Waals surface area contributed by atoms with Crippen LogP contribution in [0.4, 0.5) is 5.69 Å². The number of aliphatic carboxylic acids is 1. The van der Waals surface area contributed by atoms with Crippen LogP contribution < -0.4 is 4.90 Å². The molecular weight excluding hydrogens is 214 g/mol. The molecule has 1 aromatic rings. The fraction of sp³-hybridized carbons (Fsp3) is 0.500. The number of carbonyl (C=O) groups is 1. The molecular formula is C14H19NO2. The number of para-hydroxylation sites is 1. The molecule has 0 amide bonds. The van der Waals surface area contributed by atoms with E-state index in [0.29, 0.717) is 0 Å². The van der Waals surface area contributed by atoms with E-state index < -0.39 is 5.97 Å². The number of carboxylic acids is 1. The summed E-state index contributed by atoms with van der Waals surface area (Å²) >= 11 is 0. The third-order valence-electron chi connectivity index (χ3n) is 3.76.